The molecule has 168 valence electrons. The highest BCUT2D eigenvalue weighted by Crippen LogP contribution is 2.25. The summed E-state index contributed by atoms with van der Waals surface area (Å²) in [7, 11) is -1.69. The predicted molar refractivity (Wildman–Crippen MR) is 116 cm³/mol. The molecule has 0 spiro atoms. The predicted octanol–water partition coefficient (Wildman–Crippen LogP) is 3.17. The summed E-state index contributed by atoms with van der Waals surface area (Å²) >= 11 is 5.97. The number of hydrogen-bond donors (Lipinski definition) is 1. The van der Waals surface area contributed by atoms with Crippen LogP contribution < -0.4 is 5.32 Å². The lowest BCUT2D eigenvalue weighted by Crippen LogP contribution is -2.31. The van der Waals surface area contributed by atoms with Crippen molar-refractivity contribution in [3.05, 3.63) is 63.7 Å². The normalized spacial score (nSPS) is 12.5. The van der Waals surface area contributed by atoms with Crippen LogP contribution in [0.1, 0.15) is 40.0 Å². The highest BCUT2D eigenvalue weighted by Gasteiger charge is 2.25. The van der Waals surface area contributed by atoms with Gasteiger partial charge in [-0.15, -0.1) is 0 Å². The molecule has 1 atom stereocenters. The molecule has 0 aliphatic heterocycles. The van der Waals surface area contributed by atoms with E-state index in [-0.39, 0.29) is 21.5 Å². The quantitative estimate of drug-likeness (QED) is 0.471. The van der Waals surface area contributed by atoms with Gasteiger partial charge in [-0.25, -0.2) is 13.2 Å². The van der Waals surface area contributed by atoms with Crippen LogP contribution in [0.25, 0.3) is 0 Å². The summed E-state index contributed by atoms with van der Waals surface area (Å²) in [6.07, 6.45) is 0. The van der Waals surface area contributed by atoms with Gasteiger partial charge in [0.2, 0.25) is 0 Å². The summed E-state index contributed by atoms with van der Waals surface area (Å²) in [5, 5.41) is 2.68. The number of benzene rings is 2. The van der Waals surface area contributed by atoms with Gasteiger partial charge in [0, 0.05) is 7.05 Å². The topological polar surface area (TPSA) is 102 Å². The van der Waals surface area contributed by atoms with E-state index in [1.807, 2.05) is 39.0 Å². The van der Waals surface area contributed by atoms with Crippen molar-refractivity contribution in [2.45, 2.75) is 31.7 Å². The monoisotopic (exact) mass is 468 g/mol. The maximum atomic E-state index is 12.4. The van der Waals surface area contributed by atoms with Gasteiger partial charge < -0.3 is 10.1 Å². The third-order valence-corrected chi connectivity index (χ3v) is 6.94. The van der Waals surface area contributed by atoms with Crippen molar-refractivity contribution >= 4 is 33.5 Å². The number of nitrogens with zero attached hydrogens (tertiary/aromatic N) is 1. The third kappa shape index (κ3) is 6.04. The lowest BCUT2D eigenvalue weighted by Gasteiger charge is -2.16. The number of aryl methyl sites for hydroxylation is 2. The first-order valence-corrected chi connectivity index (χ1v) is 11.2. The SMILES string of the molecule is CON(C)S(=O)(=O)c1cc(C(=O)OCC(=O)NC(C)c2ccc(C)c(C)c2)ccc1Cl. The van der Waals surface area contributed by atoms with E-state index < -0.39 is 28.5 Å². The number of amides is 1. The van der Waals surface area contributed by atoms with E-state index in [9.17, 15) is 18.0 Å². The van der Waals surface area contributed by atoms with Gasteiger partial charge in [-0.3, -0.25) is 9.63 Å². The Labute approximate surface area is 187 Å². The van der Waals surface area contributed by atoms with Crippen LogP contribution in [0.15, 0.2) is 41.3 Å². The number of rotatable bonds is 8. The summed E-state index contributed by atoms with van der Waals surface area (Å²) in [5.41, 5.74) is 3.12. The minimum Gasteiger partial charge on any atom is -0.452 e. The van der Waals surface area contributed by atoms with Crippen LogP contribution in [-0.2, 0) is 24.4 Å². The van der Waals surface area contributed by atoms with Gasteiger partial charge in [0.1, 0.15) is 4.90 Å². The molecule has 2 aromatic carbocycles. The standard InChI is InChI=1S/C21H25ClN2O6S/c1-13-6-7-16(10-14(13)2)15(3)23-20(25)12-30-21(26)17-8-9-18(22)19(11-17)31(27,28)24(4)29-5/h6-11,15H,12H2,1-5H3,(H,23,25). The van der Waals surface area contributed by atoms with E-state index in [0.717, 1.165) is 22.8 Å². The van der Waals surface area contributed by atoms with Gasteiger partial charge in [0.15, 0.2) is 6.61 Å². The molecule has 0 heterocycles. The zero-order chi connectivity index (χ0) is 23.3. The first kappa shape index (κ1) is 24.8. The van der Waals surface area contributed by atoms with Crippen molar-refractivity contribution in [1.29, 1.82) is 0 Å². The lowest BCUT2D eigenvalue weighted by molar-refractivity contribution is -0.124. The van der Waals surface area contributed by atoms with Gasteiger partial charge in [-0.2, -0.15) is 0 Å². The Kier molecular flexibility index (Phi) is 8.19. The lowest BCUT2D eigenvalue weighted by atomic mass is 10.0. The van der Waals surface area contributed by atoms with Crippen molar-refractivity contribution in [1.82, 2.24) is 9.79 Å². The number of sulfonamides is 1. The number of esters is 1. The van der Waals surface area contributed by atoms with Crippen LogP contribution in [0.3, 0.4) is 0 Å². The average molecular weight is 469 g/mol. The minimum atomic E-state index is -4.07. The van der Waals surface area contributed by atoms with Crippen LogP contribution >= 0.6 is 11.6 Å². The largest absolute Gasteiger partial charge is 0.452 e. The van der Waals surface area contributed by atoms with E-state index in [1.165, 1.54) is 26.3 Å². The molecule has 2 rings (SSSR count). The average Bonchev–Trinajstić information content (AvgIpc) is 2.73. The zero-order valence-electron chi connectivity index (χ0n) is 17.9. The molecule has 0 bridgehead atoms. The summed E-state index contributed by atoms with van der Waals surface area (Å²) in [6, 6.07) is 9.25. The Bertz CT molecular complexity index is 1090. The number of hydroxylamine groups is 1. The van der Waals surface area contributed by atoms with E-state index >= 15 is 0 Å². The van der Waals surface area contributed by atoms with E-state index in [2.05, 4.69) is 5.32 Å². The first-order chi connectivity index (χ1) is 14.5. The molecule has 0 aliphatic carbocycles. The first-order valence-electron chi connectivity index (χ1n) is 9.33. The van der Waals surface area contributed by atoms with Gasteiger partial charge >= 0.3 is 5.97 Å². The number of nitrogens with one attached hydrogen (secondary N) is 1. The highest BCUT2D eigenvalue weighted by molar-refractivity contribution is 7.89. The smallest absolute Gasteiger partial charge is 0.338 e. The Balaban J connectivity index is 2.04. The number of carbonyl (C=O) groups is 2. The van der Waals surface area contributed by atoms with Crippen LogP contribution in [0.2, 0.25) is 5.02 Å². The Morgan fingerprint density at radius 3 is 2.42 bits per heavy atom. The molecule has 8 nitrogen and oxygen atoms in total. The Morgan fingerprint density at radius 1 is 1.13 bits per heavy atom. The molecule has 1 N–H and O–H groups in total. The third-order valence-electron chi connectivity index (χ3n) is 4.78. The molecule has 0 aliphatic rings. The molecule has 1 amide bonds. The Morgan fingerprint density at radius 2 is 1.81 bits per heavy atom. The second-order valence-corrected chi connectivity index (χ2v) is 9.26. The molecule has 10 heteroatoms. The van der Waals surface area contributed by atoms with Crippen LogP contribution in [0.5, 0.6) is 0 Å². The molecule has 0 aromatic heterocycles. The molecule has 31 heavy (non-hydrogen) atoms. The van der Waals surface area contributed by atoms with Crippen molar-refractivity contribution in [3.8, 4) is 0 Å². The Hall–Kier alpha value is -2.46. The van der Waals surface area contributed by atoms with E-state index in [1.54, 1.807) is 0 Å². The second-order valence-electron chi connectivity index (χ2n) is 6.95. The molecule has 0 fully saturated rings. The van der Waals surface area contributed by atoms with Gasteiger partial charge in [-0.05, 0) is 55.7 Å². The molecule has 1 unspecified atom stereocenters. The zero-order valence-corrected chi connectivity index (χ0v) is 19.5. The molecular formula is C21H25ClN2O6S. The van der Waals surface area contributed by atoms with E-state index in [4.69, 9.17) is 21.2 Å². The van der Waals surface area contributed by atoms with Crippen molar-refractivity contribution in [2.75, 3.05) is 20.8 Å². The summed E-state index contributed by atoms with van der Waals surface area (Å²) in [6.45, 7) is 5.30. The number of ether oxygens (including phenoxy) is 1. The van der Waals surface area contributed by atoms with E-state index in [0.29, 0.717) is 4.47 Å². The van der Waals surface area contributed by atoms with Gasteiger partial charge in [0.05, 0.1) is 23.7 Å². The molecule has 0 saturated carbocycles. The van der Waals surface area contributed by atoms with Crippen molar-refractivity contribution in [3.63, 3.8) is 0 Å². The summed E-state index contributed by atoms with van der Waals surface area (Å²) in [5.74, 6) is -1.35. The van der Waals surface area contributed by atoms with Gasteiger partial charge in [-0.1, -0.05) is 34.3 Å². The maximum Gasteiger partial charge on any atom is 0.338 e. The number of carbonyl (C=O) groups excluding carboxylic acids is 2. The molecular weight excluding hydrogens is 444 g/mol. The fourth-order valence-corrected chi connectivity index (χ4v) is 4.15. The summed E-state index contributed by atoms with van der Waals surface area (Å²) in [4.78, 5) is 28.9. The molecule has 2 aromatic rings. The highest BCUT2D eigenvalue weighted by atomic mass is 35.5. The fraction of sp³-hybridized carbons (Fsp3) is 0.333. The molecule has 0 saturated heterocycles. The fourth-order valence-electron chi connectivity index (χ4n) is 2.68. The second kappa shape index (κ2) is 10.2. The number of halogens is 1. The van der Waals surface area contributed by atoms with Crippen molar-refractivity contribution < 1.29 is 27.6 Å². The van der Waals surface area contributed by atoms with Crippen molar-refractivity contribution in [2.24, 2.45) is 0 Å². The maximum absolute atomic E-state index is 12.4. The van der Waals surface area contributed by atoms with Gasteiger partial charge in [0.25, 0.3) is 15.9 Å². The van der Waals surface area contributed by atoms with Crippen LogP contribution in [-0.4, -0.2) is 45.5 Å². The summed E-state index contributed by atoms with van der Waals surface area (Å²) < 4.78 is 30.5. The minimum absolute atomic E-state index is 0.0671. The molecule has 0 radical (unpaired) electrons. The van der Waals surface area contributed by atoms with Crippen LogP contribution in [0.4, 0.5) is 0 Å². The van der Waals surface area contributed by atoms with Crippen LogP contribution in [0, 0.1) is 13.8 Å². The number of hydrogen-bond acceptors (Lipinski definition) is 6.